The lowest BCUT2D eigenvalue weighted by atomic mass is 10.0. The molecule has 236 valence electrons. The first-order chi connectivity index (χ1) is 20.3. The Balaban J connectivity index is 1.53. The van der Waals surface area contributed by atoms with E-state index in [9.17, 15) is 48.7 Å². The summed E-state index contributed by atoms with van der Waals surface area (Å²) in [6, 6.07) is 9.98. The van der Waals surface area contributed by atoms with Crippen LogP contribution in [0.25, 0.3) is 11.0 Å². The fourth-order valence-electron chi connectivity index (χ4n) is 4.82. The molecule has 1 aliphatic heterocycles. The summed E-state index contributed by atoms with van der Waals surface area (Å²) in [5.41, 5.74) is -0.919. The molecule has 0 spiro atoms. The van der Waals surface area contributed by atoms with E-state index in [2.05, 4.69) is 19.4 Å². The zero-order chi connectivity index (χ0) is 32.2. The van der Waals surface area contributed by atoms with Crippen molar-refractivity contribution in [3.8, 4) is 0 Å². The summed E-state index contributed by atoms with van der Waals surface area (Å²) in [6.45, 7) is 1.80. The van der Waals surface area contributed by atoms with E-state index in [1.165, 1.54) is 24.3 Å². The molecule has 17 heteroatoms. The number of hydrogen-bond donors (Lipinski definition) is 5. The third-order valence-electron chi connectivity index (χ3n) is 6.98. The number of amides is 1. The fraction of sp³-hybridized carbons (Fsp3) is 0.259. The van der Waals surface area contributed by atoms with Crippen LogP contribution in [0.4, 0.5) is 26.3 Å². The standard InChI is InChI=1S/C27H24F6N4O5S2/c1-14-2-7-20-21(8-14)35-25(34-20)22(9-15-3-5-16(6-4-15)23-13-24(38)37-44(23,41)42)36-43(39,40)19-11-17(26(28,29)30)10-18(12-19)27(31,32)33/h2-8,10-12,22-23,36,41-42H,9,13H2,1H3,(H,34,35)(H,37,38)/t22-,23?/m0/s1. The number of benzene rings is 3. The predicted molar refractivity (Wildman–Crippen MR) is 149 cm³/mol. The van der Waals surface area contributed by atoms with E-state index in [1.54, 1.807) is 25.1 Å². The maximum absolute atomic E-state index is 13.5. The number of halogens is 6. The third-order valence-corrected chi connectivity index (χ3v) is 10.2. The SMILES string of the molecule is Cc1ccc2nc([C@H](Cc3ccc(C4CC(=O)NS4(O)O)cc3)NS(=O)(=O)c3cc(C(F)(F)F)cc(C(F)(F)F)c3)[nH]c2c1. The van der Waals surface area contributed by atoms with Gasteiger partial charge in [-0.2, -0.15) is 26.3 Å². The van der Waals surface area contributed by atoms with Gasteiger partial charge in [-0.05, 0) is 60.4 Å². The first-order valence-corrected chi connectivity index (χ1v) is 15.9. The quantitative estimate of drug-likeness (QED) is 0.145. The number of alkyl halides is 6. The number of sulfonamides is 1. The van der Waals surface area contributed by atoms with Gasteiger partial charge in [-0.3, -0.25) is 18.6 Å². The van der Waals surface area contributed by atoms with Crippen molar-refractivity contribution >= 4 is 37.7 Å². The molecular formula is C27H24F6N4O5S2. The van der Waals surface area contributed by atoms with Crippen molar-refractivity contribution in [1.29, 1.82) is 0 Å². The monoisotopic (exact) mass is 662 g/mol. The van der Waals surface area contributed by atoms with Crippen LogP contribution in [0.2, 0.25) is 0 Å². The van der Waals surface area contributed by atoms with E-state index in [-0.39, 0.29) is 36.9 Å². The lowest BCUT2D eigenvalue weighted by molar-refractivity contribution is -0.143. The summed E-state index contributed by atoms with van der Waals surface area (Å²) < 4.78 is 132. The number of nitrogens with one attached hydrogen (secondary N) is 3. The van der Waals surface area contributed by atoms with Crippen LogP contribution in [-0.4, -0.2) is 33.4 Å². The molecule has 0 bridgehead atoms. The van der Waals surface area contributed by atoms with Gasteiger partial charge in [0.25, 0.3) is 0 Å². The number of aryl methyl sites for hydroxylation is 1. The van der Waals surface area contributed by atoms with Crippen molar-refractivity contribution in [3.05, 3.63) is 94.3 Å². The molecular weight excluding hydrogens is 638 g/mol. The second kappa shape index (κ2) is 11.1. The molecule has 0 radical (unpaired) electrons. The number of fused-ring (bicyclic) bond motifs is 1. The lowest BCUT2D eigenvalue weighted by Gasteiger charge is -2.32. The number of hydrogen-bond acceptors (Lipinski definition) is 6. The summed E-state index contributed by atoms with van der Waals surface area (Å²) in [6.07, 6.45) is -10.8. The summed E-state index contributed by atoms with van der Waals surface area (Å²) in [5, 5.41) is -0.916. The van der Waals surface area contributed by atoms with E-state index in [1.807, 2.05) is 0 Å². The lowest BCUT2D eigenvalue weighted by Crippen LogP contribution is -2.31. The van der Waals surface area contributed by atoms with Crippen molar-refractivity contribution in [2.75, 3.05) is 0 Å². The zero-order valence-electron chi connectivity index (χ0n) is 22.5. The van der Waals surface area contributed by atoms with Gasteiger partial charge in [-0.25, -0.2) is 18.1 Å². The fourth-order valence-corrected chi connectivity index (χ4v) is 7.57. The number of nitrogens with zero attached hydrogens (tertiary/aromatic N) is 1. The van der Waals surface area contributed by atoms with E-state index < -0.39 is 66.4 Å². The van der Waals surface area contributed by atoms with E-state index in [4.69, 9.17) is 0 Å². The van der Waals surface area contributed by atoms with Gasteiger partial charge in [-0.15, -0.1) is 10.8 Å². The van der Waals surface area contributed by atoms with Crippen molar-refractivity contribution in [2.24, 2.45) is 0 Å². The Morgan fingerprint density at radius 3 is 2.14 bits per heavy atom. The summed E-state index contributed by atoms with van der Waals surface area (Å²) in [7, 11) is -8.44. The van der Waals surface area contributed by atoms with Gasteiger partial charge in [0.1, 0.15) is 11.1 Å². The largest absolute Gasteiger partial charge is 0.416 e. The van der Waals surface area contributed by atoms with Crippen LogP contribution in [0.15, 0.2) is 65.6 Å². The number of aromatic nitrogens is 2. The van der Waals surface area contributed by atoms with Crippen molar-refractivity contribution in [2.45, 2.75) is 48.3 Å². The molecule has 1 fully saturated rings. The Morgan fingerprint density at radius 2 is 1.59 bits per heavy atom. The number of H-pyrrole nitrogens is 1. The van der Waals surface area contributed by atoms with Crippen molar-refractivity contribution in [1.82, 2.24) is 19.4 Å². The minimum absolute atomic E-state index is 0.0426. The van der Waals surface area contributed by atoms with E-state index in [0.717, 1.165) is 5.56 Å². The third kappa shape index (κ3) is 6.71. The molecule has 5 N–H and O–H groups in total. The van der Waals surface area contributed by atoms with Crippen molar-refractivity contribution < 1.29 is 48.7 Å². The maximum Gasteiger partial charge on any atom is 0.416 e. The highest BCUT2D eigenvalue weighted by molar-refractivity contribution is 8.23. The number of carbonyl (C=O) groups is 1. The van der Waals surface area contributed by atoms with Crippen molar-refractivity contribution in [3.63, 3.8) is 0 Å². The molecule has 1 amide bonds. The maximum atomic E-state index is 13.5. The molecule has 1 saturated heterocycles. The number of carbonyl (C=O) groups excluding carboxylic acids is 1. The predicted octanol–water partition coefficient (Wildman–Crippen LogP) is 6.40. The molecule has 44 heavy (non-hydrogen) atoms. The van der Waals surface area contributed by atoms with Crippen LogP contribution in [0.3, 0.4) is 0 Å². The molecule has 1 unspecified atom stereocenters. The van der Waals surface area contributed by atoms with E-state index in [0.29, 0.717) is 22.2 Å². The second-order valence-electron chi connectivity index (χ2n) is 10.3. The Labute approximate surface area is 248 Å². The molecule has 3 aromatic carbocycles. The minimum Gasteiger partial charge on any atom is -0.341 e. The minimum atomic E-state index is -5.26. The van der Waals surface area contributed by atoms with Crippen LogP contribution in [0.5, 0.6) is 0 Å². The van der Waals surface area contributed by atoms with Crippen LogP contribution in [0.1, 0.15) is 51.4 Å². The Hall–Kier alpha value is -3.64. The molecule has 1 aliphatic rings. The average molecular weight is 663 g/mol. The molecule has 1 aromatic heterocycles. The molecule has 5 rings (SSSR count). The molecule has 9 nitrogen and oxygen atoms in total. The zero-order valence-corrected chi connectivity index (χ0v) is 24.1. The summed E-state index contributed by atoms with van der Waals surface area (Å²) >= 11 is 0. The topological polar surface area (TPSA) is 144 Å². The summed E-state index contributed by atoms with van der Waals surface area (Å²) in [5.74, 6) is -0.502. The normalized spacial score (nSPS) is 18.8. The smallest absolute Gasteiger partial charge is 0.341 e. The summed E-state index contributed by atoms with van der Waals surface area (Å²) in [4.78, 5) is 17.8. The van der Waals surface area contributed by atoms with Gasteiger partial charge in [0.05, 0.1) is 39.5 Å². The van der Waals surface area contributed by atoms with Crippen LogP contribution in [0, 0.1) is 6.92 Å². The van der Waals surface area contributed by atoms with Gasteiger partial charge >= 0.3 is 12.4 Å². The number of rotatable bonds is 7. The highest BCUT2D eigenvalue weighted by Crippen LogP contribution is 2.56. The van der Waals surface area contributed by atoms with Crippen LogP contribution >= 0.6 is 10.8 Å². The molecule has 2 heterocycles. The van der Waals surface area contributed by atoms with Gasteiger partial charge in [0.15, 0.2) is 0 Å². The first-order valence-electron chi connectivity index (χ1n) is 12.8. The van der Waals surface area contributed by atoms with Crippen LogP contribution in [-0.2, 0) is 33.6 Å². The van der Waals surface area contributed by atoms with Crippen LogP contribution < -0.4 is 9.44 Å². The molecule has 0 aliphatic carbocycles. The van der Waals surface area contributed by atoms with Gasteiger partial charge < -0.3 is 4.98 Å². The Kier molecular flexibility index (Phi) is 7.99. The van der Waals surface area contributed by atoms with Gasteiger partial charge in [0.2, 0.25) is 15.9 Å². The molecule has 0 saturated carbocycles. The Bertz CT molecular complexity index is 1810. The first kappa shape index (κ1) is 31.8. The molecule has 2 atom stereocenters. The van der Waals surface area contributed by atoms with E-state index >= 15 is 0 Å². The molecule has 4 aromatic rings. The second-order valence-corrected chi connectivity index (χ2v) is 14.0. The highest BCUT2D eigenvalue weighted by atomic mass is 32.3. The average Bonchev–Trinajstić information content (AvgIpc) is 3.45. The highest BCUT2D eigenvalue weighted by Gasteiger charge is 2.40. The van der Waals surface area contributed by atoms with Gasteiger partial charge in [-0.1, -0.05) is 30.3 Å². The number of aromatic amines is 1. The Morgan fingerprint density at radius 1 is 0.977 bits per heavy atom. The number of imidazole rings is 1. The van der Waals surface area contributed by atoms with Gasteiger partial charge in [0, 0.05) is 0 Å².